The molecule has 0 aliphatic heterocycles. The Kier molecular flexibility index (Phi) is 5.90. The lowest BCUT2D eigenvalue weighted by Crippen LogP contribution is -2.38. The molecule has 0 aliphatic rings. The van der Waals surface area contributed by atoms with E-state index in [2.05, 4.69) is 5.32 Å². The molecule has 1 heterocycles. The van der Waals surface area contributed by atoms with Crippen LogP contribution in [0.1, 0.15) is 5.56 Å². The predicted octanol–water partition coefficient (Wildman–Crippen LogP) is 0.174. The fourth-order valence-electron chi connectivity index (χ4n) is 3.05. The zero-order chi connectivity index (χ0) is 22.1. The van der Waals surface area contributed by atoms with Crippen LogP contribution in [0.25, 0.3) is 10.9 Å². The normalized spacial score (nSPS) is 11.7. The molecule has 30 heavy (non-hydrogen) atoms. The molecule has 0 atom stereocenters. The van der Waals surface area contributed by atoms with Crippen molar-refractivity contribution < 1.29 is 13.2 Å². The Morgan fingerprint density at radius 3 is 2.37 bits per heavy atom. The molecule has 9 nitrogen and oxygen atoms in total. The molecule has 0 unspecified atom stereocenters. The number of carbonyl (C=O) groups is 1. The molecule has 158 valence electrons. The SMILES string of the molecule is CN(CC(=O)NCc1ccccc1)S(=O)(=O)c1ccc2c(c1)c(=O)n(C)c(=O)n2C. The highest BCUT2D eigenvalue weighted by molar-refractivity contribution is 7.89. The number of nitrogens with zero attached hydrogens (tertiary/aromatic N) is 3. The summed E-state index contributed by atoms with van der Waals surface area (Å²) in [4.78, 5) is 36.5. The van der Waals surface area contributed by atoms with Gasteiger partial charge in [0.1, 0.15) is 0 Å². The molecule has 1 amide bonds. The summed E-state index contributed by atoms with van der Waals surface area (Å²) in [6, 6.07) is 13.2. The van der Waals surface area contributed by atoms with Crippen LogP contribution < -0.4 is 16.6 Å². The number of carbonyl (C=O) groups excluding carboxylic acids is 1. The van der Waals surface area contributed by atoms with Crippen LogP contribution in [0.3, 0.4) is 0 Å². The highest BCUT2D eigenvalue weighted by atomic mass is 32.2. The first-order valence-corrected chi connectivity index (χ1v) is 10.5. The van der Waals surface area contributed by atoms with Crippen LogP contribution in [0.2, 0.25) is 0 Å². The van der Waals surface area contributed by atoms with Gasteiger partial charge in [-0.3, -0.25) is 18.7 Å². The molecule has 0 bridgehead atoms. The number of hydrogen-bond donors (Lipinski definition) is 1. The number of amides is 1. The summed E-state index contributed by atoms with van der Waals surface area (Å²) in [6.07, 6.45) is 0. The van der Waals surface area contributed by atoms with E-state index in [1.54, 1.807) is 0 Å². The van der Waals surface area contributed by atoms with E-state index in [9.17, 15) is 22.8 Å². The maximum atomic E-state index is 12.9. The molecule has 3 rings (SSSR count). The Labute approximate surface area is 173 Å². The van der Waals surface area contributed by atoms with Gasteiger partial charge in [0.15, 0.2) is 0 Å². The Balaban J connectivity index is 1.83. The smallest absolute Gasteiger partial charge is 0.330 e. The lowest BCUT2D eigenvalue weighted by atomic mass is 10.2. The number of nitrogens with one attached hydrogen (secondary N) is 1. The summed E-state index contributed by atoms with van der Waals surface area (Å²) in [6.45, 7) is -0.0912. The third kappa shape index (κ3) is 4.05. The Bertz CT molecular complexity index is 1330. The van der Waals surface area contributed by atoms with Gasteiger partial charge in [0.05, 0.1) is 22.3 Å². The minimum absolute atomic E-state index is 0.0996. The Morgan fingerprint density at radius 2 is 1.70 bits per heavy atom. The molecule has 1 N–H and O–H groups in total. The van der Waals surface area contributed by atoms with Crippen molar-refractivity contribution in [3.05, 3.63) is 74.9 Å². The quantitative estimate of drug-likeness (QED) is 0.600. The molecule has 0 saturated carbocycles. The van der Waals surface area contributed by atoms with Crippen LogP contribution in [0.15, 0.2) is 63.0 Å². The molecule has 10 heteroatoms. The average molecular weight is 430 g/mol. The van der Waals surface area contributed by atoms with E-state index in [0.717, 1.165) is 14.4 Å². The van der Waals surface area contributed by atoms with Crippen LogP contribution >= 0.6 is 0 Å². The first-order chi connectivity index (χ1) is 14.1. The molecule has 0 saturated heterocycles. The molecule has 3 aromatic rings. The van der Waals surface area contributed by atoms with E-state index in [1.807, 2.05) is 30.3 Å². The molecular weight excluding hydrogens is 408 g/mol. The van der Waals surface area contributed by atoms with Gasteiger partial charge in [-0.15, -0.1) is 0 Å². The maximum absolute atomic E-state index is 12.9. The number of likely N-dealkylation sites (N-methyl/N-ethyl adjacent to an activating group) is 1. The van der Waals surface area contributed by atoms with Gasteiger partial charge in [-0.2, -0.15) is 4.31 Å². The number of sulfonamides is 1. The Morgan fingerprint density at radius 1 is 1.03 bits per heavy atom. The summed E-state index contributed by atoms with van der Waals surface area (Å²) >= 11 is 0. The molecular formula is C20H22N4O5S. The van der Waals surface area contributed by atoms with Crippen LogP contribution in [0, 0.1) is 0 Å². The van der Waals surface area contributed by atoms with Crippen molar-refractivity contribution in [2.45, 2.75) is 11.4 Å². The number of fused-ring (bicyclic) bond motifs is 1. The van der Waals surface area contributed by atoms with Gasteiger partial charge >= 0.3 is 5.69 Å². The standard InChI is InChI=1S/C20H22N4O5S/c1-22(13-18(25)21-12-14-7-5-4-6-8-14)30(28,29)15-9-10-17-16(11-15)19(26)24(3)20(27)23(17)2/h4-11H,12-13H2,1-3H3,(H,21,25). The van der Waals surface area contributed by atoms with E-state index in [-0.39, 0.29) is 23.4 Å². The number of aromatic nitrogens is 2. The molecule has 0 radical (unpaired) electrons. The molecule has 0 fully saturated rings. The van der Waals surface area contributed by atoms with Gasteiger partial charge in [-0.1, -0.05) is 30.3 Å². The number of hydrogen-bond acceptors (Lipinski definition) is 5. The van der Waals surface area contributed by atoms with E-state index < -0.39 is 27.2 Å². The largest absolute Gasteiger partial charge is 0.351 e. The van der Waals surface area contributed by atoms with Gasteiger partial charge < -0.3 is 5.32 Å². The monoisotopic (exact) mass is 430 g/mol. The summed E-state index contributed by atoms with van der Waals surface area (Å²) in [5.41, 5.74) is 0.126. The second-order valence-electron chi connectivity index (χ2n) is 6.91. The van der Waals surface area contributed by atoms with Crippen molar-refractivity contribution in [2.24, 2.45) is 14.1 Å². The first-order valence-electron chi connectivity index (χ1n) is 9.09. The summed E-state index contributed by atoms with van der Waals surface area (Å²) in [5.74, 6) is -0.455. The zero-order valence-electron chi connectivity index (χ0n) is 16.8. The van der Waals surface area contributed by atoms with Gasteiger partial charge in [0, 0.05) is 27.7 Å². The van der Waals surface area contributed by atoms with Crippen LogP contribution in [-0.2, 0) is 35.5 Å². The fraction of sp³-hybridized carbons (Fsp3) is 0.250. The third-order valence-electron chi connectivity index (χ3n) is 4.85. The fourth-order valence-corrected chi connectivity index (χ4v) is 4.21. The highest BCUT2D eigenvalue weighted by Gasteiger charge is 2.24. The maximum Gasteiger partial charge on any atom is 0.330 e. The van der Waals surface area contributed by atoms with Crippen molar-refractivity contribution in [3.8, 4) is 0 Å². The second-order valence-corrected chi connectivity index (χ2v) is 8.95. The minimum Gasteiger partial charge on any atom is -0.351 e. The van der Waals surface area contributed by atoms with E-state index >= 15 is 0 Å². The Hall–Kier alpha value is -3.24. The summed E-state index contributed by atoms with van der Waals surface area (Å²) in [7, 11) is 0.0974. The van der Waals surface area contributed by atoms with Crippen molar-refractivity contribution >= 4 is 26.8 Å². The van der Waals surface area contributed by atoms with Crippen LogP contribution in [-0.4, -0.2) is 41.4 Å². The predicted molar refractivity (Wildman–Crippen MR) is 113 cm³/mol. The minimum atomic E-state index is -4.02. The second kappa shape index (κ2) is 8.25. The van der Waals surface area contributed by atoms with Gasteiger partial charge in [0.25, 0.3) is 5.56 Å². The molecule has 0 spiro atoms. The van der Waals surface area contributed by atoms with Crippen LogP contribution in [0.4, 0.5) is 0 Å². The van der Waals surface area contributed by atoms with E-state index in [1.165, 1.54) is 43.9 Å². The van der Waals surface area contributed by atoms with E-state index in [0.29, 0.717) is 5.52 Å². The third-order valence-corrected chi connectivity index (χ3v) is 6.64. The van der Waals surface area contributed by atoms with Crippen LogP contribution in [0.5, 0.6) is 0 Å². The number of benzene rings is 2. The number of aryl methyl sites for hydroxylation is 1. The first kappa shape index (κ1) is 21.5. The van der Waals surface area contributed by atoms with Crippen molar-refractivity contribution in [1.82, 2.24) is 18.8 Å². The number of rotatable bonds is 6. The van der Waals surface area contributed by atoms with Crippen molar-refractivity contribution in [1.29, 1.82) is 0 Å². The highest BCUT2D eigenvalue weighted by Crippen LogP contribution is 2.18. The molecule has 1 aromatic heterocycles. The van der Waals surface area contributed by atoms with Gasteiger partial charge in [-0.05, 0) is 23.8 Å². The summed E-state index contributed by atoms with van der Waals surface area (Å²) in [5, 5.41) is 2.78. The lowest BCUT2D eigenvalue weighted by molar-refractivity contribution is -0.121. The van der Waals surface area contributed by atoms with Crippen molar-refractivity contribution in [3.63, 3.8) is 0 Å². The van der Waals surface area contributed by atoms with E-state index in [4.69, 9.17) is 0 Å². The van der Waals surface area contributed by atoms with Gasteiger partial charge in [-0.25, -0.2) is 13.2 Å². The van der Waals surface area contributed by atoms with Crippen molar-refractivity contribution in [2.75, 3.05) is 13.6 Å². The zero-order valence-corrected chi connectivity index (χ0v) is 17.6. The topological polar surface area (TPSA) is 110 Å². The van der Waals surface area contributed by atoms with Gasteiger partial charge in [0.2, 0.25) is 15.9 Å². The summed E-state index contributed by atoms with van der Waals surface area (Å²) < 4.78 is 28.9. The average Bonchev–Trinajstić information content (AvgIpc) is 2.75. The lowest BCUT2D eigenvalue weighted by Gasteiger charge is -2.17. The molecule has 2 aromatic carbocycles. The molecule has 0 aliphatic carbocycles.